The predicted octanol–water partition coefficient (Wildman–Crippen LogP) is -0.789. The lowest BCUT2D eigenvalue weighted by molar-refractivity contribution is -0.171. The van der Waals surface area contributed by atoms with E-state index in [0.717, 1.165) is 0 Å². The van der Waals surface area contributed by atoms with Gasteiger partial charge in [-0.2, -0.15) is 0 Å². The molecule has 0 amide bonds. The zero-order valence-electron chi connectivity index (χ0n) is 8.36. The first-order valence-electron chi connectivity index (χ1n) is 4.24. The molecule has 0 atom stereocenters. The summed E-state index contributed by atoms with van der Waals surface area (Å²) < 4.78 is 4.78. The fraction of sp³-hybridized carbons (Fsp3) is 0.667. The molecule has 0 aromatic carbocycles. The van der Waals surface area contributed by atoms with Crippen LogP contribution in [0.5, 0.6) is 0 Å². The number of hydrogen-bond acceptors (Lipinski definition) is 5. The van der Waals surface area contributed by atoms with Gasteiger partial charge in [0, 0.05) is 5.57 Å². The molecule has 0 radical (unpaired) electrons. The van der Waals surface area contributed by atoms with E-state index >= 15 is 0 Å². The number of ether oxygens (including phenoxy) is 1. The number of aliphatic hydroxyl groups is 3. The molecule has 0 aliphatic heterocycles. The SMILES string of the molecule is CC=C(C)C(=O)OC(CO)(CO)CO. The van der Waals surface area contributed by atoms with Gasteiger partial charge in [-0.3, -0.25) is 0 Å². The highest BCUT2D eigenvalue weighted by Crippen LogP contribution is 2.11. The minimum Gasteiger partial charge on any atom is -0.448 e. The third-order valence-electron chi connectivity index (χ3n) is 1.93. The smallest absolute Gasteiger partial charge is 0.334 e. The van der Waals surface area contributed by atoms with Gasteiger partial charge in [-0.25, -0.2) is 4.79 Å². The molecule has 0 aromatic rings. The molecule has 0 aliphatic rings. The third-order valence-corrected chi connectivity index (χ3v) is 1.93. The number of aliphatic hydroxyl groups excluding tert-OH is 3. The van der Waals surface area contributed by atoms with Crippen LogP contribution in [0.4, 0.5) is 0 Å². The van der Waals surface area contributed by atoms with Crippen molar-refractivity contribution in [3.63, 3.8) is 0 Å². The number of rotatable bonds is 5. The van der Waals surface area contributed by atoms with Crippen molar-refractivity contribution in [2.24, 2.45) is 0 Å². The molecule has 82 valence electrons. The van der Waals surface area contributed by atoms with Gasteiger partial charge in [0.25, 0.3) is 0 Å². The van der Waals surface area contributed by atoms with E-state index in [4.69, 9.17) is 20.1 Å². The Morgan fingerprint density at radius 2 is 1.71 bits per heavy atom. The van der Waals surface area contributed by atoms with Gasteiger partial charge in [0.15, 0.2) is 5.60 Å². The van der Waals surface area contributed by atoms with Gasteiger partial charge in [-0.15, -0.1) is 0 Å². The molecule has 0 spiro atoms. The Labute approximate surface area is 82.6 Å². The first-order valence-corrected chi connectivity index (χ1v) is 4.24. The molecule has 5 nitrogen and oxygen atoms in total. The average Bonchev–Trinajstić information content (AvgIpc) is 2.24. The summed E-state index contributed by atoms with van der Waals surface area (Å²) in [6.45, 7) is 1.34. The quantitative estimate of drug-likeness (QED) is 0.403. The van der Waals surface area contributed by atoms with Crippen LogP contribution in [0.2, 0.25) is 0 Å². The molecule has 14 heavy (non-hydrogen) atoms. The summed E-state index contributed by atoms with van der Waals surface area (Å²) in [6.07, 6.45) is 1.54. The Balaban J connectivity index is 4.53. The van der Waals surface area contributed by atoms with Crippen LogP contribution in [0.25, 0.3) is 0 Å². The molecule has 0 bridgehead atoms. The topological polar surface area (TPSA) is 87.0 Å². The molecule has 0 saturated carbocycles. The summed E-state index contributed by atoms with van der Waals surface area (Å²) in [6, 6.07) is 0. The van der Waals surface area contributed by atoms with Crippen LogP contribution in [0.1, 0.15) is 13.8 Å². The van der Waals surface area contributed by atoms with Crippen molar-refractivity contribution in [3.8, 4) is 0 Å². The Morgan fingerprint density at radius 1 is 1.29 bits per heavy atom. The Hall–Kier alpha value is -0.910. The fourth-order valence-electron chi connectivity index (χ4n) is 0.642. The monoisotopic (exact) mass is 204 g/mol. The molecule has 0 aromatic heterocycles. The highest BCUT2D eigenvalue weighted by molar-refractivity contribution is 5.87. The molecule has 0 heterocycles. The van der Waals surface area contributed by atoms with Crippen LogP contribution in [-0.4, -0.2) is 46.7 Å². The summed E-state index contributed by atoms with van der Waals surface area (Å²) in [5.74, 6) is -0.662. The first-order chi connectivity index (χ1) is 6.55. The molecule has 5 heteroatoms. The van der Waals surface area contributed by atoms with Gasteiger partial charge in [0.05, 0.1) is 19.8 Å². The van der Waals surface area contributed by atoms with E-state index in [9.17, 15) is 4.79 Å². The number of esters is 1. The van der Waals surface area contributed by atoms with Gasteiger partial charge in [-0.05, 0) is 13.8 Å². The second-order valence-corrected chi connectivity index (χ2v) is 3.02. The molecule has 0 unspecified atom stereocenters. The minimum absolute atomic E-state index is 0.352. The highest BCUT2D eigenvalue weighted by atomic mass is 16.6. The van der Waals surface area contributed by atoms with Crippen molar-refractivity contribution in [1.82, 2.24) is 0 Å². The molecular formula is C9H16O5. The standard InChI is InChI=1S/C9H16O5/c1-3-7(2)8(13)14-9(4-10,5-11)6-12/h3,10-12H,4-6H2,1-2H3. The summed E-state index contributed by atoms with van der Waals surface area (Å²) in [5.41, 5.74) is -1.24. The normalized spacial score (nSPS) is 12.8. The number of carbonyl (C=O) groups is 1. The largest absolute Gasteiger partial charge is 0.448 e. The Kier molecular flexibility index (Phi) is 5.37. The van der Waals surface area contributed by atoms with Crippen molar-refractivity contribution in [2.75, 3.05) is 19.8 Å². The third kappa shape index (κ3) is 3.10. The van der Waals surface area contributed by atoms with E-state index < -0.39 is 31.4 Å². The van der Waals surface area contributed by atoms with E-state index in [0.29, 0.717) is 5.57 Å². The van der Waals surface area contributed by atoms with E-state index in [1.54, 1.807) is 19.9 Å². The van der Waals surface area contributed by atoms with Gasteiger partial charge in [-0.1, -0.05) is 6.08 Å². The van der Waals surface area contributed by atoms with Gasteiger partial charge >= 0.3 is 5.97 Å². The minimum atomic E-state index is -1.60. The van der Waals surface area contributed by atoms with E-state index in [1.807, 2.05) is 0 Å². The second kappa shape index (κ2) is 5.74. The molecule has 3 N–H and O–H groups in total. The maximum atomic E-state index is 11.2. The van der Waals surface area contributed by atoms with Gasteiger partial charge in [0.2, 0.25) is 0 Å². The molecule has 0 saturated heterocycles. The van der Waals surface area contributed by atoms with Crippen LogP contribution >= 0.6 is 0 Å². The van der Waals surface area contributed by atoms with Crippen molar-refractivity contribution in [3.05, 3.63) is 11.6 Å². The Morgan fingerprint density at radius 3 is 2.00 bits per heavy atom. The molecular weight excluding hydrogens is 188 g/mol. The van der Waals surface area contributed by atoms with Crippen LogP contribution in [0.3, 0.4) is 0 Å². The molecule has 0 aliphatic carbocycles. The van der Waals surface area contributed by atoms with Crippen LogP contribution in [0, 0.1) is 0 Å². The summed E-state index contributed by atoms with van der Waals surface area (Å²) in [5, 5.41) is 26.6. The lowest BCUT2D eigenvalue weighted by Crippen LogP contribution is -2.46. The lowest BCUT2D eigenvalue weighted by atomic mass is 10.1. The zero-order chi connectivity index (χ0) is 11.2. The number of allylic oxidation sites excluding steroid dienone is 1. The first kappa shape index (κ1) is 13.1. The predicted molar refractivity (Wildman–Crippen MR) is 49.5 cm³/mol. The van der Waals surface area contributed by atoms with E-state index in [-0.39, 0.29) is 0 Å². The van der Waals surface area contributed by atoms with Gasteiger partial charge < -0.3 is 20.1 Å². The number of carbonyl (C=O) groups excluding carboxylic acids is 1. The highest BCUT2D eigenvalue weighted by Gasteiger charge is 2.32. The van der Waals surface area contributed by atoms with Crippen LogP contribution in [0.15, 0.2) is 11.6 Å². The lowest BCUT2D eigenvalue weighted by Gasteiger charge is -2.27. The summed E-state index contributed by atoms with van der Waals surface area (Å²) in [4.78, 5) is 11.2. The summed E-state index contributed by atoms with van der Waals surface area (Å²) in [7, 11) is 0. The maximum Gasteiger partial charge on any atom is 0.334 e. The number of hydrogen-bond donors (Lipinski definition) is 3. The van der Waals surface area contributed by atoms with Crippen molar-refractivity contribution in [2.45, 2.75) is 19.4 Å². The van der Waals surface area contributed by atoms with E-state index in [2.05, 4.69) is 0 Å². The van der Waals surface area contributed by atoms with Crippen molar-refractivity contribution in [1.29, 1.82) is 0 Å². The summed E-state index contributed by atoms with van der Waals surface area (Å²) >= 11 is 0. The van der Waals surface area contributed by atoms with Crippen LogP contribution < -0.4 is 0 Å². The molecule has 0 rings (SSSR count). The average molecular weight is 204 g/mol. The van der Waals surface area contributed by atoms with Crippen LogP contribution in [-0.2, 0) is 9.53 Å². The van der Waals surface area contributed by atoms with Crippen molar-refractivity contribution < 1.29 is 24.9 Å². The zero-order valence-corrected chi connectivity index (χ0v) is 8.36. The van der Waals surface area contributed by atoms with Gasteiger partial charge in [0.1, 0.15) is 0 Å². The maximum absolute atomic E-state index is 11.2. The Bertz CT molecular complexity index is 209. The van der Waals surface area contributed by atoms with E-state index in [1.165, 1.54) is 0 Å². The van der Waals surface area contributed by atoms with Crippen molar-refractivity contribution >= 4 is 5.97 Å². The fourth-order valence-corrected chi connectivity index (χ4v) is 0.642. The molecule has 0 fully saturated rings. The second-order valence-electron chi connectivity index (χ2n) is 3.02.